The maximum atomic E-state index is 12.2. The summed E-state index contributed by atoms with van der Waals surface area (Å²) < 4.78 is 5.18. The van der Waals surface area contributed by atoms with Crippen LogP contribution in [0.3, 0.4) is 0 Å². The third kappa shape index (κ3) is 3.18. The minimum Gasteiger partial charge on any atom is -0.422 e. The number of rotatable bonds is 4. The number of carbonyl (C=O) groups excluding carboxylic acids is 1. The summed E-state index contributed by atoms with van der Waals surface area (Å²) in [6, 6.07) is 10.8. The van der Waals surface area contributed by atoms with E-state index in [1.54, 1.807) is 24.3 Å². The van der Waals surface area contributed by atoms with E-state index in [0.29, 0.717) is 18.5 Å². The molecule has 118 valence electrons. The van der Waals surface area contributed by atoms with Crippen LogP contribution in [0.4, 0.5) is 0 Å². The fourth-order valence-electron chi connectivity index (χ4n) is 2.67. The van der Waals surface area contributed by atoms with E-state index in [0.717, 1.165) is 22.3 Å². The van der Waals surface area contributed by atoms with Crippen LogP contribution in [-0.2, 0) is 6.42 Å². The Bertz CT molecular complexity index is 921. The number of carbonyl (C=O) groups is 1. The van der Waals surface area contributed by atoms with E-state index < -0.39 is 11.5 Å². The second kappa shape index (κ2) is 6.12. The highest BCUT2D eigenvalue weighted by Gasteiger charge is 2.13. The highest BCUT2D eigenvalue weighted by Crippen LogP contribution is 2.13. The fraction of sp³-hybridized carbons (Fsp3) is 0.222. The second-order valence-electron chi connectivity index (χ2n) is 5.59. The molecule has 2 N–H and O–H groups in total. The average molecular weight is 310 g/mol. The van der Waals surface area contributed by atoms with Gasteiger partial charge in [0.15, 0.2) is 0 Å². The van der Waals surface area contributed by atoms with Crippen LogP contribution in [0.15, 0.2) is 45.6 Å². The Balaban J connectivity index is 1.72. The zero-order chi connectivity index (χ0) is 16.4. The first-order chi connectivity index (χ1) is 11.0. The molecule has 5 nitrogen and oxygen atoms in total. The molecule has 3 aromatic rings. The summed E-state index contributed by atoms with van der Waals surface area (Å²) in [7, 11) is 0. The number of aromatic amines is 1. The van der Waals surface area contributed by atoms with Gasteiger partial charge < -0.3 is 14.7 Å². The molecule has 0 spiro atoms. The summed E-state index contributed by atoms with van der Waals surface area (Å²) in [6.45, 7) is 4.46. The molecular weight excluding hydrogens is 292 g/mol. The summed E-state index contributed by atoms with van der Waals surface area (Å²) in [4.78, 5) is 27.4. The quantitative estimate of drug-likeness (QED) is 0.728. The number of hydrogen-bond acceptors (Lipinski definition) is 3. The molecule has 23 heavy (non-hydrogen) atoms. The summed E-state index contributed by atoms with van der Waals surface area (Å²) in [5, 5.41) is 3.51. The van der Waals surface area contributed by atoms with Gasteiger partial charge in [-0.15, -0.1) is 0 Å². The van der Waals surface area contributed by atoms with Crippen LogP contribution in [-0.4, -0.2) is 17.4 Å². The molecule has 0 saturated carbocycles. The topological polar surface area (TPSA) is 75.1 Å². The Morgan fingerprint density at radius 1 is 1.22 bits per heavy atom. The third-order valence-corrected chi connectivity index (χ3v) is 3.82. The average Bonchev–Trinajstić information content (AvgIpc) is 2.84. The molecule has 0 radical (unpaired) electrons. The van der Waals surface area contributed by atoms with Crippen molar-refractivity contribution in [1.82, 2.24) is 10.3 Å². The minimum absolute atomic E-state index is 0.0330. The Morgan fingerprint density at radius 3 is 2.74 bits per heavy atom. The maximum Gasteiger partial charge on any atom is 0.349 e. The van der Waals surface area contributed by atoms with E-state index >= 15 is 0 Å². The van der Waals surface area contributed by atoms with Crippen LogP contribution >= 0.6 is 0 Å². The lowest BCUT2D eigenvalue weighted by Crippen LogP contribution is -2.29. The van der Waals surface area contributed by atoms with Gasteiger partial charge >= 0.3 is 5.63 Å². The van der Waals surface area contributed by atoms with Crippen molar-refractivity contribution in [2.45, 2.75) is 20.3 Å². The Kier molecular flexibility index (Phi) is 4.02. The van der Waals surface area contributed by atoms with Crippen LogP contribution < -0.4 is 10.9 Å². The number of fused-ring (bicyclic) bond motifs is 1. The van der Waals surface area contributed by atoms with Crippen molar-refractivity contribution in [2.24, 2.45) is 0 Å². The van der Waals surface area contributed by atoms with E-state index in [4.69, 9.17) is 4.42 Å². The lowest BCUT2D eigenvalue weighted by Gasteiger charge is -2.05. The molecule has 1 amide bonds. The van der Waals surface area contributed by atoms with Gasteiger partial charge in [-0.25, -0.2) is 4.79 Å². The molecule has 5 heteroatoms. The Morgan fingerprint density at radius 2 is 2.00 bits per heavy atom. The number of para-hydroxylation sites is 1. The van der Waals surface area contributed by atoms with Gasteiger partial charge in [-0.05, 0) is 44.0 Å². The lowest BCUT2D eigenvalue weighted by molar-refractivity contribution is 0.0950. The monoisotopic (exact) mass is 310 g/mol. The summed E-state index contributed by atoms with van der Waals surface area (Å²) >= 11 is 0. The highest BCUT2D eigenvalue weighted by molar-refractivity contribution is 5.96. The normalized spacial score (nSPS) is 10.9. The molecule has 1 aromatic carbocycles. The maximum absolute atomic E-state index is 12.2. The molecule has 0 aliphatic carbocycles. The highest BCUT2D eigenvalue weighted by atomic mass is 16.4. The smallest absolute Gasteiger partial charge is 0.349 e. The van der Waals surface area contributed by atoms with Crippen molar-refractivity contribution in [2.75, 3.05) is 6.54 Å². The Labute approximate surface area is 133 Å². The first-order valence-electron chi connectivity index (χ1n) is 7.51. The fourth-order valence-corrected chi connectivity index (χ4v) is 2.67. The SMILES string of the molecule is Cc1cc(CCNC(=O)c2cc3ccccc3oc2=O)c(C)[nH]1. The van der Waals surface area contributed by atoms with E-state index in [1.807, 2.05) is 19.9 Å². The van der Waals surface area contributed by atoms with Crippen LogP contribution in [0.5, 0.6) is 0 Å². The van der Waals surface area contributed by atoms with Gasteiger partial charge in [-0.2, -0.15) is 0 Å². The molecule has 0 aliphatic rings. The van der Waals surface area contributed by atoms with Gasteiger partial charge in [-0.3, -0.25) is 4.79 Å². The van der Waals surface area contributed by atoms with E-state index in [-0.39, 0.29) is 5.56 Å². The number of hydrogen-bond donors (Lipinski definition) is 2. The summed E-state index contributed by atoms with van der Waals surface area (Å²) in [5.74, 6) is -0.408. The van der Waals surface area contributed by atoms with Crippen molar-refractivity contribution in [3.8, 4) is 0 Å². The van der Waals surface area contributed by atoms with E-state index in [1.165, 1.54) is 0 Å². The van der Waals surface area contributed by atoms with Gasteiger partial charge in [0.2, 0.25) is 0 Å². The first kappa shape index (κ1) is 15.1. The number of amides is 1. The van der Waals surface area contributed by atoms with Gasteiger partial charge in [0.05, 0.1) is 0 Å². The number of nitrogens with one attached hydrogen (secondary N) is 2. The van der Waals surface area contributed by atoms with Crippen LogP contribution in [0.1, 0.15) is 27.3 Å². The largest absolute Gasteiger partial charge is 0.422 e. The summed E-state index contributed by atoms with van der Waals surface area (Å²) in [5.41, 5.74) is 3.25. The first-order valence-corrected chi connectivity index (χ1v) is 7.51. The molecule has 0 atom stereocenters. The Hall–Kier alpha value is -2.82. The second-order valence-corrected chi connectivity index (χ2v) is 5.59. The van der Waals surface area contributed by atoms with Crippen molar-refractivity contribution >= 4 is 16.9 Å². The predicted octanol–water partition coefficient (Wildman–Crippen LogP) is 2.71. The van der Waals surface area contributed by atoms with Gasteiger partial charge in [0.25, 0.3) is 5.91 Å². The molecule has 3 rings (SSSR count). The molecule has 0 aliphatic heterocycles. The molecule has 2 aromatic heterocycles. The molecule has 0 fully saturated rings. The van der Waals surface area contributed by atoms with Crippen LogP contribution in [0.25, 0.3) is 11.0 Å². The lowest BCUT2D eigenvalue weighted by atomic mass is 10.1. The van der Waals surface area contributed by atoms with Crippen molar-refractivity contribution < 1.29 is 9.21 Å². The minimum atomic E-state index is -0.616. The number of aryl methyl sites for hydroxylation is 2. The zero-order valence-corrected chi connectivity index (χ0v) is 13.1. The van der Waals surface area contributed by atoms with Crippen molar-refractivity contribution in [1.29, 1.82) is 0 Å². The van der Waals surface area contributed by atoms with Crippen molar-refractivity contribution in [3.05, 3.63) is 69.3 Å². The number of benzene rings is 1. The van der Waals surface area contributed by atoms with Gasteiger partial charge in [-0.1, -0.05) is 18.2 Å². The zero-order valence-electron chi connectivity index (χ0n) is 13.1. The van der Waals surface area contributed by atoms with Gasteiger partial charge in [0, 0.05) is 23.3 Å². The standard InChI is InChI=1S/C18H18N2O3/c1-11-9-13(12(2)20-11)7-8-19-17(21)15-10-14-5-3-4-6-16(14)23-18(15)22/h3-6,9-10,20H,7-8H2,1-2H3,(H,19,21). The molecule has 2 heterocycles. The van der Waals surface area contributed by atoms with Crippen molar-refractivity contribution in [3.63, 3.8) is 0 Å². The van der Waals surface area contributed by atoms with Crippen LogP contribution in [0, 0.1) is 13.8 Å². The van der Waals surface area contributed by atoms with E-state index in [2.05, 4.69) is 16.4 Å². The molecule has 0 unspecified atom stereocenters. The van der Waals surface area contributed by atoms with E-state index in [9.17, 15) is 9.59 Å². The third-order valence-electron chi connectivity index (χ3n) is 3.82. The number of H-pyrrole nitrogens is 1. The predicted molar refractivity (Wildman–Crippen MR) is 88.8 cm³/mol. The molecular formula is C18H18N2O3. The van der Waals surface area contributed by atoms with Gasteiger partial charge in [0.1, 0.15) is 11.1 Å². The van der Waals surface area contributed by atoms with Crippen LogP contribution in [0.2, 0.25) is 0 Å². The molecule has 0 bridgehead atoms. The summed E-state index contributed by atoms with van der Waals surface area (Å²) in [6.07, 6.45) is 0.709. The molecule has 0 saturated heterocycles. The number of aromatic nitrogens is 1.